The third kappa shape index (κ3) is 3.42. The van der Waals surface area contributed by atoms with E-state index in [1.54, 1.807) is 0 Å². The van der Waals surface area contributed by atoms with Crippen LogP contribution >= 0.6 is 12.2 Å². The predicted molar refractivity (Wildman–Crippen MR) is 80.0 cm³/mol. The first-order chi connectivity index (χ1) is 8.66. The number of hydrogen-bond acceptors (Lipinski definition) is 3. The summed E-state index contributed by atoms with van der Waals surface area (Å²) < 4.78 is 0. The molecule has 0 aromatic carbocycles. The van der Waals surface area contributed by atoms with Crippen molar-refractivity contribution in [1.82, 2.24) is 4.98 Å². The minimum atomic E-state index is 0.364. The average molecular weight is 263 g/mol. The van der Waals surface area contributed by atoms with Crippen LogP contribution in [0.3, 0.4) is 0 Å². The minimum Gasteiger partial charge on any atom is -0.388 e. The summed E-state index contributed by atoms with van der Waals surface area (Å²) in [7, 11) is 2.10. The third-order valence-electron chi connectivity index (χ3n) is 3.63. The third-order valence-corrected chi connectivity index (χ3v) is 3.84. The summed E-state index contributed by atoms with van der Waals surface area (Å²) in [4.78, 5) is 7.08. The lowest BCUT2D eigenvalue weighted by atomic mass is 9.89. The molecule has 2 rings (SSSR count). The number of nitrogens with zero attached hydrogens (tertiary/aromatic N) is 2. The molecule has 1 aromatic heterocycles. The van der Waals surface area contributed by atoms with Crippen molar-refractivity contribution in [2.24, 2.45) is 11.7 Å². The van der Waals surface area contributed by atoms with Crippen LogP contribution < -0.4 is 10.6 Å². The Hall–Kier alpha value is -1.16. The van der Waals surface area contributed by atoms with Crippen LogP contribution in [0.25, 0.3) is 0 Å². The van der Waals surface area contributed by atoms with Crippen molar-refractivity contribution >= 4 is 23.0 Å². The Labute approximate surface area is 114 Å². The van der Waals surface area contributed by atoms with Crippen LogP contribution in [0.4, 0.5) is 5.82 Å². The van der Waals surface area contributed by atoms with Gasteiger partial charge in [0.05, 0.1) is 5.69 Å². The Balaban J connectivity index is 2.01. The summed E-state index contributed by atoms with van der Waals surface area (Å²) in [6.45, 7) is 1.08. The lowest BCUT2D eigenvalue weighted by Gasteiger charge is -2.27. The van der Waals surface area contributed by atoms with E-state index in [0.717, 1.165) is 18.3 Å². The molecule has 0 radical (unpaired) electrons. The van der Waals surface area contributed by atoms with E-state index >= 15 is 0 Å². The summed E-state index contributed by atoms with van der Waals surface area (Å²) in [5, 5.41) is 0. The summed E-state index contributed by atoms with van der Waals surface area (Å²) in [6.07, 6.45) is 6.84. The molecule has 1 saturated carbocycles. The standard InChI is InChI=1S/C14H21N3S/c1-17(10-11-6-3-2-4-7-11)13-9-5-8-12(16-13)14(15)18/h5,8-9,11H,2-4,6-7,10H2,1H3,(H2,15,18). The molecule has 98 valence electrons. The Morgan fingerprint density at radius 1 is 1.39 bits per heavy atom. The molecule has 1 fully saturated rings. The normalized spacial score (nSPS) is 16.5. The van der Waals surface area contributed by atoms with Crippen LogP contribution in [0.1, 0.15) is 37.8 Å². The summed E-state index contributed by atoms with van der Waals surface area (Å²) in [5.74, 6) is 1.77. The van der Waals surface area contributed by atoms with Crippen LogP contribution in [-0.2, 0) is 0 Å². The number of hydrogen-bond donors (Lipinski definition) is 1. The maximum Gasteiger partial charge on any atom is 0.129 e. The van der Waals surface area contributed by atoms with Gasteiger partial charge in [0, 0.05) is 13.6 Å². The van der Waals surface area contributed by atoms with E-state index in [-0.39, 0.29) is 0 Å². The van der Waals surface area contributed by atoms with Crippen molar-refractivity contribution in [3.8, 4) is 0 Å². The van der Waals surface area contributed by atoms with Gasteiger partial charge in [-0.3, -0.25) is 0 Å². The zero-order valence-electron chi connectivity index (χ0n) is 10.9. The van der Waals surface area contributed by atoms with Crippen molar-refractivity contribution in [3.05, 3.63) is 23.9 Å². The van der Waals surface area contributed by atoms with Gasteiger partial charge in [-0.25, -0.2) is 4.98 Å². The van der Waals surface area contributed by atoms with Gasteiger partial charge < -0.3 is 10.6 Å². The Kier molecular flexibility index (Phi) is 4.53. The number of anilines is 1. The van der Waals surface area contributed by atoms with Gasteiger partial charge in [0.15, 0.2) is 0 Å². The van der Waals surface area contributed by atoms with E-state index in [1.165, 1.54) is 32.1 Å². The van der Waals surface area contributed by atoms with Crippen molar-refractivity contribution in [2.75, 3.05) is 18.5 Å². The van der Waals surface area contributed by atoms with Gasteiger partial charge in [0.2, 0.25) is 0 Å². The molecule has 1 aliphatic carbocycles. The minimum absolute atomic E-state index is 0.364. The molecular weight excluding hydrogens is 242 g/mol. The fourth-order valence-corrected chi connectivity index (χ4v) is 2.74. The van der Waals surface area contributed by atoms with Crippen molar-refractivity contribution in [3.63, 3.8) is 0 Å². The van der Waals surface area contributed by atoms with E-state index in [1.807, 2.05) is 18.2 Å². The highest BCUT2D eigenvalue weighted by molar-refractivity contribution is 7.80. The zero-order chi connectivity index (χ0) is 13.0. The van der Waals surface area contributed by atoms with Gasteiger partial charge in [-0.05, 0) is 30.9 Å². The van der Waals surface area contributed by atoms with Crippen LogP contribution in [0.15, 0.2) is 18.2 Å². The van der Waals surface area contributed by atoms with Crippen LogP contribution in [0.5, 0.6) is 0 Å². The molecule has 0 atom stereocenters. The summed E-state index contributed by atoms with van der Waals surface area (Å²) >= 11 is 4.97. The maximum absolute atomic E-state index is 5.62. The zero-order valence-corrected chi connectivity index (χ0v) is 11.7. The van der Waals surface area contributed by atoms with Gasteiger partial charge in [-0.2, -0.15) is 0 Å². The number of thiocarbonyl (C=S) groups is 1. The molecule has 0 unspecified atom stereocenters. The fourth-order valence-electron chi connectivity index (χ4n) is 2.62. The van der Waals surface area contributed by atoms with E-state index in [9.17, 15) is 0 Å². The van der Waals surface area contributed by atoms with E-state index in [4.69, 9.17) is 18.0 Å². The predicted octanol–water partition coefficient (Wildman–Crippen LogP) is 2.73. The quantitative estimate of drug-likeness (QED) is 0.848. The summed E-state index contributed by atoms with van der Waals surface area (Å²) in [6, 6.07) is 5.85. The first-order valence-corrected chi connectivity index (χ1v) is 7.05. The molecule has 3 nitrogen and oxygen atoms in total. The van der Waals surface area contributed by atoms with Crippen LogP contribution in [-0.4, -0.2) is 23.6 Å². The lowest BCUT2D eigenvalue weighted by Crippen LogP contribution is -2.28. The monoisotopic (exact) mass is 263 g/mol. The largest absolute Gasteiger partial charge is 0.388 e. The number of rotatable bonds is 4. The first-order valence-electron chi connectivity index (χ1n) is 6.65. The van der Waals surface area contributed by atoms with Crippen molar-refractivity contribution in [1.29, 1.82) is 0 Å². The van der Waals surface area contributed by atoms with Crippen LogP contribution in [0, 0.1) is 5.92 Å². The van der Waals surface area contributed by atoms with Gasteiger partial charge in [0.25, 0.3) is 0 Å². The molecule has 0 bridgehead atoms. The van der Waals surface area contributed by atoms with Crippen molar-refractivity contribution < 1.29 is 0 Å². The van der Waals surface area contributed by atoms with E-state index in [0.29, 0.717) is 10.7 Å². The molecule has 0 spiro atoms. The summed E-state index contributed by atoms with van der Waals surface area (Å²) in [5.41, 5.74) is 6.32. The second kappa shape index (κ2) is 6.14. The molecule has 0 aliphatic heterocycles. The van der Waals surface area contributed by atoms with Crippen molar-refractivity contribution in [2.45, 2.75) is 32.1 Å². The molecule has 0 saturated heterocycles. The van der Waals surface area contributed by atoms with Gasteiger partial charge in [-0.1, -0.05) is 37.5 Å². The maximum atomic E-state index is 5.62. The SMILES string of the molecule is CN(CC1CCCCC1)c1cccc(C(N)=S)n1. The Bertz CT molecular complexity index is 413. The van der Waals surface area contributed by atoms with E-state index < -0.39 is 0 Å². The highest BCUT2D eigenvalue weighted by Crippen LogP contribution is 2.25. The number of aromatic nitrogens is 1. The Morgan fingerprint density at radius 3 is 2.78 bits per heavy atom. The topological polar surface area (TPSA) is 42.1 Å². The second-order valence-electron chi connectivity index (χ2n) is 5.13. The molecule has 1 aromatic rings. The molecule has 18 heavy (non-hydrogen) atoms. The molecule has 4 heteroatoms. The van der Waals surface area contributed by atoms with Gasteiger partial charge in [0.1, 0.15) is 10.8 Å². The smallest absolute Gasteiger partial charge is 0.129 e. The first kappa shape index (κ1) is 13.3. The van der Waals surface area contributed by atoms with E-state index in [2.05, 4.69) is 16.9 Å². The fraction of sp³-hybridized carbons (Fsp3) is 0.571. The number of nitrogens with two attached hydrogens (primary N) is 1. The molecule has 2 N–H and O–H groups in total. The second-order valence-corrected chi connectivity index (χ2v) is 5.57. The molecule has 1 heterocycles. The average Bonchev–Trinajstić information content (AvgIpc) is 2.40. The number of pyridine rings is 1. The lowest BCUT2D eigenvalue weighted by molar-refractivity contribution is 0.361. The molecule has 0 amide bonds. The highest BCUT2D eigenvalue weighted by Gasteiger charge is 2.16. The molecular formula is C14H21N3S. The molecule has 1 aliphatic rings. The van der Waals surface area contributed by atoms with Gasteiger partial charge in [-0.15, -0.1) is 0 Å². The highest BCUT2D eigenvalue weighted by atomic mass is 32.1. The van der Waals surface area contributed by atoms with Gasteiger partial charge >= 0.3 is 0 Å². The van der Waals surface area contributed by atoms with Crippen LogP contribution in [0.2, 0.25) is 0 Å². The Morgan fingerprint density at radius 2 is 2.11 bits per heavy atom.